The summed E-state index contributed by atoms with van der Waals surface area (Å²) in [7, 11) is 0. The Bertz CT molecular complexity index is 5180. The maximum absolute atomic E-state index is 11.5. The molecule has 0 saturated carbocycles. The number of nitrogens with one attached hydrogen (secondary N) is 3. The third-order valence-electron chi connectivity index (χ3n) is 17.0. The van der Waals surface area contributed by atoms with Crippen LogP contribution in [0.2, 0.25) is 0 Å². The van der Waals surface area contributed by atoms with Crippen molar-refractivity contribution in [1.82, 2.24) is 54.6 Å². The quantitative estimate of drug-likeness (QED) is 0.0941. The van der Waals surface area contributed by atoms with Crippen molar-refractivity contribution in [3.8, 4) is 40.2 Å². The molecule has 14 rings (SSSR count). The highest BCUT2D eigenvalue weighted by molar-refractivity contribution is 7.23. The minimum atomic E-state index is -0.443. The molecular formula is C86H105N11O7S2. The molecule has 0 saturated heterocycles. The molecule has 7 aromatic heterocycles. The van der Waals surface area contributed by atoms with Gasteiger partial charge in [-0.05, 0) is 138 Å². The van der Waals surface area contributed by atoms with Crippen molar-refractivity contribution in [1.29, 1.82) is 0 Å². The lowest BCUT2D eigenvalue weighted by atomic mass is 9.89. The Morgan fingerprint density at radius 3 is 1.75 bits per heavy atom. The lowest BCUT2D eigenvalue weighted by Crippen LogP contribution is -2.27. The second-order valence-corrected chi connectivity index (χ2v) is 30.6. The fourth-order valence-electron chi connectivity index (χ4n) is 11.3. The van der Waals surface area contributed by atoms with Crippen LogP contribution in [0.5, 0.6) is 17.2 Å². The highest BCUT2D eigenvalue weighted by Gasteiger charge is 2.22. The van der Waals surface area contributed by atoms with Crippen LogP contribution in [0.1, 0.15) is 235 Å². The van der Waals surface area contributed by atoms with Gasteiger partial charge in [-0.3, -0.25) is 24.0 Å². The number of aryl methyl sites for hydroxylation is 2. The zero-order chi connectivity index (χ0) is 76.7. The largest absolute Gasteiger partial charge is 0.508 e. The minimum Gasteiger partial charge on any atom is -0.508 e. The van der Waals surface area contributed by atoms with Crippen molar-refractivity contribution in [3.63, 3.8) is 0 Å². The summed E-state index contributed by atoms with van der Waals surface area (Å²) >= 11 is 3.48. The number of benzene rings is 5. The monoisotopic (exact) mass is 1470 g/mol. The van der Waals surface area contributed by atoms with Gasteiger partial charge in [-0.2, -0.15) is 4.98 Å². The van der Waals surface area contributed by atoms with Crippen molar-refractivity contribution >= 4 is 59.8 Å². The van der Waals surface area contributed by atoms with Crippen LogP contribution in [0.25, 0.3) is 60.1 Å². The molecule has 9 heterocycles. The molecule has 0 atom stereocenters. The standard InChI is InChI=1S/C16H20O.C14H13N3O.C13H14N2O.C13H14O2.C12H13N3S.C9H15NS.C8H12N2O2.CH4/c1-10(2)13-6-7-16-15(9-13)14(11(3)4)8-12(5)17-16;1-9(2)13-16-14(18-17-13)12-11-6-4-3-5-10(11)7-8-15-12;1-9(2)11-8-12(16)15-13(14-11)10-6-4-3-5-7-10;1-8(2)11-6-9(3)15-13-5-4-10(14)7-12(11)13;1-7(2)11-13-14-12-15(11)9-5-4-8(3)6-10(9)16-12;1-6(2)8-5-11-9(10-8)7(3)4;1-4(2)6-5(3)9-8(12)10-7(6)11;/h6-11H,5H2,1-4H3;3-9H,1-2H3;3-9H,1-2H3,(H,14,15,16);4-8,14H,3H2,1-2H3;4-7H,1-3H3;5-7H,1-4H3;4H,1-3H3,(H2,9,10,11,12);1H4. The number of rotatable bonds is 11. The average Bonchev–Trinajstić information content (AvgIpc) is 1.62. The van der Waals surface area contributed by atoms with Crippen LogP contribution in [-0.2, 0) is 0 Å². The van der Waals surface area contributed by atoms with Crippen molar-refractivity contribution in [3.05, 3.63) is 262 Å². The van der Waals surface area contributed by atoms with E-state index in [-0.39, 0.29) is 42.0 Å². The van der Waals surface area contributed by atoms with Gasteiger partial charge in [0.15, 0.2) is 5.82 Å². The number of aromatic nitrogens is 11. The Kier molecular flexibility index (Phi) is 29.3. The van der Waals surface area contributed by atoms with Crippen molar-refractivity contribution in [2.75, 3.05) is 0 Å². The first-order valence-electron chi connectivity index (χ1n) is 35.8. The molecule has 12 aromatic rings. The van der Waals surface area contributed by atoms with Crippen LogP contribution >= 0.6 is 22.7 Å². The van der Waals surface area contributed by atoms with E-state index in [0.29, 0.717) is 70.1 Å². The van der Waals surface area contributed by atoms with E-state index in [9.17, 15) is 19.5 Å². The van der Waals surface area contributed by atoms with E-state index in [2.05, 4.69) is 206 Å². The third kappa shape index (κ3) is 21.6. The van der Waals surface area contributed by atoms with Gasteiger partial charge < -0.3 is 29.1 Å². The van der Waals surface area contributed by atoms with Gasteiger partial charge in [-0.1, -0.05) is 228 Å². The summed E-state index contributed by atoms with van der Waals surface area (Å²) < 4.78 is 19.9. The number of allylic oxidation sites excluding steroid dienone is 4. The number of pyridine rings is 1. The van der Waals surface area contributed by atoms with Crippen molar-refractivity contribution < 1.29 is 19.1 Å². The summed E-state index contributed by atoms with van der Waals surface area (Å²) in [5.74, 6) is 9.80. The highest BCUT2D eigenvalue weighted by Crippen LogP contribution is 2.40. The number of H-pyrrole nitrogens is 3. The van der Waals surface area contributed by atoms with Crippen molar-refractivity contribution in [2.24, 2.45) is 11.8 Å². The number of fused-ring (bicyclic) bond motifs is 6. The number of hydrogen-bond donors (Lipinski definition) is 4. The zero-order valence-electron chi connectivity index (χ0n) is 64.3. The molecule has 0 bridgehead atoms. The molecule has 2 aliphatic rings. The Morgan fingerprint density at radius 1 is 0.566 bits per heavy atom. The fourth-order valence-corrected chi connectivity index (χ4v) is 13.4. The molecule has 2 aliphatic heterocycles. The lowest BCUT2D eigenvalue weighted by molar-refractivity contribution is 0.418. The summed E-state index contributed by atoms with van der Waals surface area (Å²) in [6, 6.07) is 39.3. The van der Waals surface area contributed by atoms with E-state index in [1.54, 1.807) is 60.1 Å². The van der Waals surface area contributed by atoms with E-state index in [4.69, 9.17) is 14.0 Å². The number of aromatic hydroxyl groups is 1. The van der Waals surface area contributed by atoms with Crippen LogP contribution in [0.3, 0.4) is 0 Å². The maximum atomic E-state index is 11.5. The fraction of sp³-hybridized carbons (Fsp3) is 0.349. The number of phenols is 1. The van der Waals surface area contributed by atoms with Gasteiger partial charge in [0.1, 0.15) is 46.1 Å². The Labute approximate surface area is 631 Å². The van der Waals surface area contributed by atoms with Gasteiger partial charge in [-0.15, -0.1) is 21.5 Å². The summed E-state index contributed by atoms with van der Waals surface area (Å²) in [6.07, 6.45) is 5.74. The van der Waals surface area contributed by atoms with Gasteiger partial charge in [0.2, 0.25) is 4.96 Å². The molecule has 0 aliphatic carbocycles. The van der Waals surface area contributed by atoms with Gasteiger partial charge in [0, 0.05) is 68.7 Å². The normalized spacial score (nSPS) is 12.2. The summed E-state index contributed by atoms with van der Waals surface area (Å²) in [4.78, 5) is 59.7. The Hall–Kier alpha value is -10.4. The summed E-state index contributed by atoms with van der Waals surface area (Å²) in [6.45, 7) is 49.6. The predicted octanol–water partition coefficient (Wildman–Crippen LogP) is 22.0. The van der Waals surface area contributed by atoms with E-state index in [1.165, 1.54) is 43.2 Å². The second-order valence-electron chi connectivity index (χ2n) is 28.7. The minimum absolute atomic E-state index is 0. The second kappa shape index (κ2) is 37.5. The number of hydrogen-bond acceptors (Lipinski definition) is 16. The number of ether oxygens (including phenoxy) is 2. The van der Waals surface area contributed by atoms with Gasteiger partial charge in [0.25, 0.3) is 17.0 Å². The lowest BCUT2D eigenvalue weighted by Gasteiger charge is -2.23. The number of nitrogens with zero attached hydrogens (tertiary/aromatic N) is 8. The molecule has 558 valence electrons. The van der Waals surface area contributed by atoms with Crippen LogP contribution in [0.15, 0.2) is 189 Å². The van der Waals surface area contributed by atoms with Gasteiger partial charge in [-0.25, -0.2) is 14.8 Å². The van der Waals surface area contributed by atoms with Gasteiger partial charge in [0.05, 0.1) is 26.6 Å². The molecule has 0 fully saturated rings. The molecule has 4 N–H and O–H groups in total. The number of aromatic amines is 3. The number of thiazole rings is 2. The van der Waals surface area contributed by atoms with Crippen molar-refractivity contribution in [2.45, 2.75) is 187 Å². The molecule has 20 heteroatoms. The first-order valence-corrected chi connectivity index (χ1v) is 37.5. The molecule has 0 unspecified atom stereocenters. The molecular weight excluding hydrogens is 1360 g/mol. The van der Waals surface area contributed by atoms with Gasteiger partial charge >= 0.3 is 5.69 Å². The van der Waals surface area contributed by atoms with Crippen LogP contribution in [0, 0.1) is 25.7 Å². The molecule has 18 nitrogen and oxygen atoms in total. The van der Waals surface area contributed by atoms with Crippen LogP contribution in [0.4, 0.5) is 0 Å². The Balaban J connectivity index is 0.000000173. The molecule has 0 amide bonds. The van der Waals surface area contributed by atoms with E-state index < -0.39 is 5.69 Å². The third-order valence-corrected chi connectivity index (χ3v) is 19.1. The predicted molar refractivity (Wildman–Crippen MR) is 438 cm³/mol. The average molecular weight is 1470 g/mol. The molecule has 5 aromatic carbocycles. The first kappa shape index (κ1) is 82.8. The smallest absolute Gasteiger partial charge is 0.325 e. The Morgan fingerprint density at radius 2 is 1.19 bits per heavy atom. The topological polar surface area (TPSA) is 245 Å². The zero-order valence-corrected chi connectivity index (χ0v) is 65.9. The SMILES string of the molecule is C.C=C1C=C(C(C)C)c2cc(C(C)C)ccc2O1.C=C1C=C(C(C)C)c2cc(O)ccc2O1.CC(C)c1cc(=O)[nH]c(-c2ccccc2)n1.CC(C)c1csc(C(C)C)n1.CC(C)c1noc(-c2nccc3ccccc23)n1.Cc1[nH]c(=O)[nH]c(=O)c1C(C)C.Cc1ccc2c(c1)sc1nnc(C(C)C)n12. The van der Waals surface area contributed by atoms with Crippen LogP contribution in [-0.4, -0.2) is 59.7 Å². The van der Waals surface area contributed by atoms with E-state index in [0.717, 1.165) is 66.9 Å². The summed E-state index contributed by atoms with van der Waals surface area (Å²) in [5.41, 5.74) is 12.7. The number of phenolic OH excluding ortho intramolecular Hbond substituents is 1. The maximum Gasteiger partial charge on any atom is 0.325 e. The molecule has 106 heavy (non-hydrogen) atoms. The first-order chi connectivity index (χ1) is 49.8. The molecule has 0 radical (unpaired) electrons. The molecule has 0 spiro atoms. The van der Waals surface area contributed by atoms with Crippen LogP contribution < -0.4 is 26.3 Å². The highest BCUT2D eigenvalue weighted by atomic mass is 32.1. The summed E-state index contributed by atoms with van der Waals surface area (Å²) in [5, 5.41) is 27.5. The van der Waals surface area contributed by atoms with E-state index in [1.807, 2.05) is 108 Å². The van der Waals surface area contributed by atoms with E-state index >= 15 is 0 Å².